The fourth-order valence-corrected chi connectivity index (χ4v) is 18.4. The molecule has 9 aliphatic rings. The number of ether oxygens (including phenoxy) is 4. The normalized spacial score (nSPS) is 30.8. The van der Waals surface area contributed by atoms with Crippen molar-refractivity contribution < 1.29 is 48.3 Å². The van der Waals surface area contributed by atoms with E-state index in [-0.39, 0.29) is 96.7 Å². The second kappa shape index (κ2) is 23.0. The number of esters is 2. The Morgan fingerprint density at radius 2 is 1.53 bits per heavy atom. The molecular weight excluding hydrogens is 1080 g/mol. The minimum absolute atomic E-state index is 0.0153. The van der Waals surface area contributed by atoms with Gasteiger partial charge < -0.3 is 38.7 Å². The van der Waals surface area contributed by atoms with Gasteiger partial charge in [0, 0.05) is 65.7 Å². The summed E-state index contributed by atoms with van der Waals surface area (Å²) in [5.41, 5.74) is 11.4. The molecule has 1 spiro atoms. The number of benzene rings is 5. The van der Waals surface area contributed by atoms with Crippen LogP contribution in [-0.4, -0.2) is 65.9 Å². The molecule has 13 atom stereocenters. The average Bonchev–Trinajstić information content (AvgIpc) is 0.776. The molecule has 2 fully saturated rings. The third kappa shape index (κ3) is 9.39. The Balaban J connectivity index is 0.909. The highest BCUT2D eigenvalue weighted by Gasteiger charge is 2.60. The van der Waals surface area contributed by atoms with Gasteiger partial charge in [-0.05, 0) is 194 Å². The van der Waals surface area contributed by atoms with Crippen molar-refractivity contribution in [2.24, 2.45) is 29.6 Å². The molecule has 6 aromatic rings. The Morgan fingerprint density at radius 3 is 2.34 bits per heavy atom. The van der Waals surface area contributed by atoms with Crippen LogP contribution in [0.5, 0.6) is 5.75 Å². The molecule has 446 valence electrons. The fourth-order valence-electron chi connectivity index (χ4n) is 18.4. The first-order valence-corrected chi connectivity index (χ1v) is 31.9. The maximum atomic E-state index is 15.9. The number of aryl methyl sites for hydroxylation is 2. The van der Waals surface area contributed by atoms with Gasteiger partial charge in [0.1, 0.15) is 16.9 Å². The molecule has 2 saturated carbocycles. The fraction of sp³-hybridized carbons (Fsp3) is 0.453. The lowest BCUT2D eigenvalue weighted by molar-refractivity contribution is -0.199. The van der Waals surface area contributed by atoms with Crippen LogP contribution in [0.3, 0.4) is 0 Å². The Morgan fingerprint density at radius 1 is 0.756 bits per heavy atom. The number of fused-ring (bicyclic) bond motifs is 16. The van der Waals surface area contributed by atoms with Crippen LogP contribution in [0.2, 0.25) is 0 Å². The predicted molar refractivity (Wildman–Crippen MR) is 330 cm³/mol. The molecule has 0 radical (unpaired) electrons. The van der Waals surface area contributed by atoms with Crippen molar-refractivity contribution in [3.05, 3.63) is 210 Å². The van der Waals surface area contributed by atoms with E-state index in [2.05, 4.69) is 115 Å². The van der Waals surface area contributed by atoms with Gasteiger partial charge >= 0.3 is 17.6 Å². The smallest absolute Gasteiger partial charge is 0.340 e. The Kier molecular flexibility index (Phi) is 15.2. The summed E-state index contributed by atoms with van der Waals surface area (Å²) in [5.74, 6) is -0.530. The molecule has 3 aliphatic heterocycles. The summed E-state index contributed by atoms with van der Waals surface area (Å²) in [6.07, 6.45) is 17.9. The third-order valence-corrected chi connectivity index (χ3v) is 22.4. The van der Waals surface area contributed by atoms with Crippen molar-refractivity contribution in [1.82, 2.24) is 0 Å². The molecule has 86 heavy (non-hydrogen) atoms. The lowest BCUT2D eigenvalue weighted by Gasteiger charge is -2.57. The van der Waals surface area contributed by atoms with Gasteiger partial charge in [-0.3, -0.25) is 4.79 Å². The van der Waals surface area contributed by atoms with E-state index in [1.165, 1.54) is 71.7 Å². The topological polar surface area (TPSA) is 162 Å². The van der Waals surface area contributed by atoms with Crippen molar-refractivity contribution in [1.29, 1.82) is 0 Å². The van der Waals surface area contributed by atoms with Crippen LogP contribution in [0, 0.1) is 29.6 Å². The molecule has 5 aromatic carbocycles. The summed E-state index contributed by atoms with van der Waals surface area (Å²) in [5, 5.41) is 32.6. The van der Waals surface area contributed by atoms with Gasteiger partial charge in [-0.2, -0.15) is 0 Å². The van der Waals surface area contributed by atoms with Crippen LogP contribution in [-0.2, 0) is 55.1 Å². The molecule has 0 amide bonds. The van der Waals surface area contributed by atoms with Gasteiger partial charge in [0.25, 0.3) is 0 Å². The minimum Gasteiger partial charge on any atom is -0.483 e. The number of rotatable bonds is 9. The predicted octanol–water partition coefficient (Wildman–Crippen LogP) is 13.3. The summed E-state index contributed by atoms with van der Waals surface area (Å²) in [7, 11) is 1.52. The molecule has 11 heteroatoms. The zero-order chi connectivity index (χ0) is 59.0. The summed E-state index contributed by atoms with van der Waals surface area (Å²) < 4.78 is 33.6. The van der Waals surface area contributed by atoms with Gasteiger partial charge in [0.2, 0.25) is 0 Å². The van der Waals surface area contributed by atoms with E-state index in [4.69, 9.17) is 23.4 Å². The van der Waals surface area contributed by atoms with Crippen LogP contribution in [0.15, 0.2) is 142 Å². The monoisotopic (exact) mass is 1160 g/mol. The zero-order valence-electron chi connectivity index (χ0n) is 49.8. The highest BCUT2D eigenvalue weighted by atomic mass is 16.6. The van der Waals surface area contributed by atoms with Crippen LogP contribution in [0.4, 0.5) is 0 Å². The van der Waals surface area contributed by atoms with E-state index in [9.17, 15) is 20.1 Å². The van der Waals surface area contributed by atoms with E-state index in [1.54, 1.807) is 19.1 Å². The van der Waals surface area contributed by atoms with Gasteiger partial charge in [-0.1, -0.05) is 122 Å². The zero-order valence-corrected chi connectivity index (χ0v) is 49.8. The first-order valence-electron chi connectivity index (χ1n) is 31.9. The first kappa shape index (κ1) is 56.9. The van der Waals surface area contributed by atoms with Gasteiger partial charge in [0.05, 0.1) is 25.4 Å². The minimum atomic E-state index is -1.37. The number of allylic oxidation sites excluding steroid dienone is 3. The van der Waals surface area contributed by atoms with Crippen LogP contribution >= 0.6 is 0 Å². The summed E-state index contributed by atoms with van der Waals surface area (Å²) in [4.78, 5) is 46.0. The van der Waals surface area contributed by atoms with Crippen molar-refractivity contribution in [2.75, 3.05) is 26.9 Å². The SMILES string of the molecule is COCC(CCO)c1c(CO)c2ccc3c(c2oc1=O)C1OC(=O)CC2CC(c4cccc5c4CCC4CCCC6CCc7ccccc7C564)C=CC2c2ccc(cc2)CCC(=C(C)CO)C(=O)OC1C(C)(C1CC2C=Cc4ccccc4C2C1)O3. The number of hydrogen-bond acceptors (Lipinski definition) is 11. The van der Waals surface area contributed by atoms with Crippen molar-refractivity contribution in [2.45, 2.75) is 157 Å². The molecule has 3 N–H and O–H groups in total. The lowest BCUT2D eigenvalue weighted by Crippen LogP contribution is -2.58. The quantitative estimate of drug-likeness (QED) is 0.0547. The Bertz CT molecular complexity index is 3760. The molecule has 0 saturated heterocycles. The molecule has 13 unspecified atom stereocenters. The van der Waals surface area contributed by atoms with E-state index in [1.807, 2.05) is 6.92 Å². The molecule has 11 nitrogen and oxygen atoms in total. The van der Waals surface area contributed by atoms with Crippen molar-refractivity contribution in [3.63, 3.8) is 0 Å². The second-order valence-electron chi connectivity index (χ2n) is 26.6. The van der Waals surface area contributed by atoms with Crippen LogP contribution < -0.4 is 10.4 Å². The number of methoxy groups -OCH3 is 1. The molecule has 1 aromatic heterocycles. The standard InChI is InChI=1S/C75H80O11/c1-43(40-77)55-29-20-44-18-21-46(22-19-44)56-30-26-48(58-15-9-17-64-59(58)31-28-53-13-8-12-52-27-25-47-11-5-7-16-63(47)75(52,53)64)36-51(56)38-66(79)83-70-68-65(33-32-60-62(41-78)67(73(81)84-69(60)68)50(34-35-76)42-82-3)86-74(2,71(70)85-72(55)80)54-37-49-24-23-45-10-4-6-14-57(45)61(49)39-54/h4-7,9-11,14-19,21-24,26,30,32-33,48-54,56,61,70-71,76-78H,8,12-13,20,25,27-29,31,34-42H2,1-3H3. The van der Waals surface area contributed by atoms with E-state index < -0.39 is 47.9 Å². The highest BCUT2D eigenvalue weighted by Crippen LogP contribution is 2.62. The number of hydrogen-bond donors (Lipinski definition) is 3. The van der Waals surface area contributed by atoms with Gasteiger partial charge in [-0.25, -0.2) is 9.59 Å². The molecule has 15 rings (SSSR count). The summed E-state index contributed by atoms with van der Waals surface area (Å²) in [6.45, 7) is 2.64. The third-order valence-electron chi connectivity index (χ3n) is 22.4. The van der Waals surface area contributed by atoms with Gasteiger partial charge in [-0.15, -0.1) is 0 Å². The lowest BCUT2D eigenvalue weighted by atomic mass is 9.46. The Labute approximate surface area is 504 Å². The van der Waals surface area contributed by atoms with E-state index >= 15 is 9.59 Å². The average molecular weight is 1160 g/mol. The highest BCUT2D eigenvalue weighted by molar-refractivity contribution is 5.90. The van der Waals surface area contributed by atoms with Crippen molar-refractivity contribution in [3.8, 4) is 5.75 Å². The molecule has 4 heterocycles. The number of carbonyl (C=O) groups is 2. The molecule has 2 bridgehead atoms. The van der Waals surface area contributed by atoms with Crippen LogP contribution in [0.1, 0.15) is 181 Å². The molecular formula is C75H80O11. The second-order valence-corrected chi connectivity index (χ2v) is 26.6. The first-order chi connectivity index (χ1) is 41.9. The van der Waals surface area contributed by atoms with E-state index in [0.717, 1.165) is 30.4 Å². The van der Waals surface area contributed by atoms with Gasteiger partial charge in [0.15, 0.2) is 12.2 Å². The molecule has 6 aliphatic carbocycles. The maximum absolute atomic E-state index is 15.9. The Hall–Kier alpha value is -6.89. The number of aliphatic hydroxyl groups is 3. The summed E-state index contributed by atoms with van der Waals surface area (Å²) in [6, 6.07) is 37.0. The number of aliphatic hydroxyl groups excluding tert-OH is 3. The van der Waals surface area contributed by atoms with E-state index in [0.29, 0.717) is 65.4 Å². The van der Waals surface area contributed by atoms with Crippen molar-refractivity contribution >= 4 is 29.0 Å². The van der Waals surface area contributed by atoms with Crippen LogP contribution in [0.25, 0.3) is 17.0 Å². The summed E-state index contributed by atoms with van der Waals surface area (Å²) >= 11 is 0. The maximum Gasteiger partial charge on any atom is 0.340 e. The largest absolute Gasteiger partial charge is 0.483 e. The number of carbonyl (C=O) groups excluding carboxylic acids is 2.